The predicted octanol–water partition coefficient (Wildman–Crippen LogP) is 4.40. The maximum atomic E-state index is 12.8. The van der Waals surface area contributed by atoms with Crippen molar-refractivity contribution in [3.63, 3.8) is 0 Å². The summed E-state index contributed by atoms with van der Waals surface area (Å²) in [6.45, 7) is 22.3. The second kappa shape index (κ2) is 11.3. The predicted molar refractivity (Wildman–Crippen MR) is 155 cm³/mol. The zero-order valence-electron chi connectivity index (χ0n) is 25.0. The number of aliphatic hydroxyl groups excluding tert-OH is 1. The van der Waals surface area contributed by atoms with Gasteiger partial charge in [-0.15, -0.1) is 0 Å². The van der Waals surface area contributed by atoms with Crippen LogP contribution in [0.25, 0.3) is 11.2 Å². The van der Waals surface area contributed by atoms with Gasteiger partial charge in [-0.1, -0.05) is 69.2 Å². The van der Waals surface area contributed by atoms with E-state index in [1.165, 1.54) is 6.33 Å². The number of imidazole rings is 1. The highest BCUT2D eigenvalue weighted by Crippen LogP contribution is 2.48. The van der Waals surface area contributed by atoms with Crippen LogP contribution in [0.4, 0.5) is 5.95 Å². The Balaban J connectivity index is 1.75. The van der Waals surface area contributed by atoms with Crippen LogP contribution in [0.15, 0.2) is 11.1 Å². The van der Waals surface area contributed by atoms with Crippen LogP contribution in [0.5, 0.6) is 0 Å². The lowest BCUT2D eigenvalue weighted by Crippen LogP contribution is -2.65. The van der Waals surface area contributed by atoms with E-state index in [0.29, 0.717) is 24.1 Å². The summed E-state index contributed by atoms with van der Waals surface area (Å²) in [6.07, 6.45) is -1.56. The highest BCUT2D eigenvalue weighted by atomic mass is 28.5. The van der Waals surface area contributed by atoms with Crippen molar-refractivity contribution in [2.75, 3.05) is 18.5 Å². The fraction of sp³-hybridized carbons (Fsp3) is 0.808. The molecule has 0 bridgehead atoms. The Kier molecular flexibility index (Phi) is 8.82. The molecule has 4 atom stereocenters. The lowest BCUT2D eigenvalue weighted by atomic mass is 10.1. The molecular weight excluding hydrogens is 534 g/mol. The monoisotopic (exact) mass is 581 g/mol. The average molecular weight is 582 g/mol. The molecule has 0 amide bonds. The molecule has 0 saturated carbocycles. The third kappa shape index (κ3) is 5.38. The van der Waals surface area contributed by atoms with Crippen molar-refractivity contribution in [2.24, 2.45) is 5.92 Å². The zero-order chi connectivity index (χ0) is 28.9. The molecule has 2 aliphatic heterocycles. The van der Waals surface area contributed by atoms with Crippen molar-refractivity contribution in [2.45, 2.75) is 116 Å². The molecule has 4 rings (SSSR count). The van der Waals surface area contributed by atoms with Crippen molar-refractivity contribution in [1.29, 1.82) is 0 Å². The molecule has 0 aromatic carbocycles. The molecule has 2 aromatic heterocycles. The first-order valence-corrected chi connectivity index (χ1v) is 18.2. The molecule has 0 spiro atoms. The number of fused-ring (bicyclic) bond motifs is 2. The largest absolute Gasteiger partial charge is 0.414 e. The number of aliphatic hydroxyl groups is 1. The molecule has 2 aromatic rings. The first kappa shape index (κ1) is 30.3. The molecule has 3 N–H and O–H groups in total. The van der Waals surface area contributed by atoms with E-state index >= 15 is 0 Å². The van der Waals surface area contributed by atoms with E-state index in [-0.39, 0.29) is 39.8 Å². The van der Waals surface area contributed by atoms with Gasteiger partial charge in [0.1, 0.15) is 18.3 Å². The number of H-pyrrole nitrogens is 1. The third-order valence-corrected chi connectivity index (χ3v) is 18.3. The molecule has 2 saturated heterocycles. The van der Waals surface area contributed by atoms with Gasteiger partial charge in [0.05, 0.1) is 12.9 Å². The van der Waals surface area contributed by atoms with Gasteiger partial charge in [-0.05, 0) is 28.1 Å². The number of aromatic amines is 1. The topological polar surface area (TPSA) is 133 Å². The van der Waals surface area contributed by atoms with E-state index in [2.05, 4.69) is 89.5 Å². The smallest absolute Gasteiger partial charge is 0.335 e. The number of aromatic nitrogens is 4. The average Bonchev–Trinajstić information content (AvgIpc) is 3.38. The normalized spacial score (nSPS) is 27.1. The Hall–Kier alpha value is -1.62. The molecule has 39 heavy (non-hydrogen) atoms. The second-order valence-electron chi connectivity index (χ2n) is 12.6. The van der Waals surface area contributed by atoms with Crippen LogP contribution in [-0.4, -0.2) is 73.2 Å². The molecule has 220 valence electrons. The summed E-state index contributed by atoms with van der Waals surface area (Å²) in [5, 5.41) is 14.9. The molecule has 4 heterocycles. The fourth-order valence-electron chi connectivity index (χ4n) is 5.86. The first-order valence-electron chi connectivity index (χ1n) is 14.3. The van der Waals surface area contributed by atoms with Crippen LogP contribution in [0.1, 0.15) is 75.5 Å². The zero-order valence-corrected chi connectivity index (χ0v) is 27.0. The van der Waals surface area contributed by atoms with Crippen LogP contribution < -0.4 is 10.9 Å². The Morgan fingerprint density at radius 3 is 2.23 bits per heavy atom. The van der Waals surface area contributed by atoms with Gasteiger partial charge in [0, 0.05) is 6.54 Å². The highest BCUT2D eigenvalue weighted by molar-refractivity contribution is 6.84. The molecule has 2 aliphatic rings. The Morgan fingerprint density at radius 2 is 1.67 bits per heavy atom. The minimum Gasteiger partial charge on any atom is -0.414 e. The van der Waals surface area contributed by atoms with E-state index in [1.54, 1.807) is 4.57 Å². The molecule has 0 radical (unpaired) electrons. The third-order valence-electron chi connectivity index (χ3n) is 8.03. The van der Waals surface area contributed by atoms with Crippen LogP contribution >= 0.6 is 0 Å². The summed E-state index contributed by atoms with van der Waals surface area (Å²) >= 11 is 0. The summed E-state index contributed by atoms with van der Waals surface area (Å²) in [4.78, 5) is 24.4. The summed E-state index contributed by atoms with van der Waals surface area (Å²) in [5.41, 5.74) is 0.824. The first-order chi connectivity index (χ1) is 18.2. The maximum absolute atomic E-state index is 12.8. The molecule has 13 heteroatoms. The van der Waals surface area contributed by atoms with Crippen LogP contribution in [0.3, 0.4) is 0 Å². The lowest BCUT2D eigenvalue weighted by Gasteiger charge is -2.51. The fourth-order valence-corrected chi connectivity index (χ4v) is 17.1. The number of rotatable bonds is 8. The van der Waals surface area contributed by atoms with E-state index in [1.807, 2.05) is 0 Å². The van der Waals surface area contributed by atoms with Gasteiger partial charge in [-0.25, -0.2) is 4.98 Å². The SMILES string of the molecule is CC(C)CNc1nc2c(ncn2[C@@H]2O[C@@H]3CO[Si](C(C)C)(C(C)C)O[Si](C(C)C)(C(C)C)O[C@@H]3C2O)c(=O)[nH]1. The van der Waals surface area contributed by atoms with Crippen molar-refractivity contribution >= 4 is 34.2 Å². The van der Waals surface area contributed by atoms with Gasteiger partial charge in [0.2, 0.25) is 5.95 Å². The molecular formula is C26H47N5O6Si2. The minimum absolute atomic E-state index is 0.124. The van der Waals surface area contributed by atoms with E-state index in [4.69, 9.17) is 17.7 Å². The number of nitrogens with one attached hydrogen (secondary N) is 2. The quantitative estimate of drug-likeness (QED) is 0.388. The number of hydrogen-bond donors (Lipinski definition) is 3. The number of hydrogen-bond acceptors (Lipinski definition) is 9. The summed E-state index contributed by atoms with van der Waals surface area (Å²) in [6, 6.07) is 0. The number of nitrogens with zero attached hydrogens (tertiary/aromatic N) is 3. The Morgan fingerprint density at radius 1 is 1.05 bits per heavy atom. The highest BCUT2D eigenvalue weighted by Gasteiger charge is 2.61. The van der Waals surface area contributed by atoms with E-state index in [0.717, 1.165) is 0 Å². The van der Waals surface area contributed by atoms with Crippen molar-refractivity contribution < 1.29 is 22.8 Å². The summed E-state index contributed by atoms with van der Waals surface area (Å²) in [5.74, 6) is 0.718. The standard InChI is InChI=1S/C26H47N5O6Si2/c1-14(2)11-27-26-29-23-20(24(33)30-26)28-13-31(23)25-21(32)22-19(35-25)12-34-38(15(3)4,16(5)6)37-39(36-22,17(7)8)18(9)10/h13-19,21-22,25,32H,11-12H2,1-10H3,(H2,27,29,30,33)/t19-,21?,22+,25-/m1/s1. The van der Waals surface area contributed by atoms with Gasteiger partial charge in [0.25, 0.3) is 5.56 Å². The van der Waals surface area contributed by atoms with Gasteiger partial charge in [-0.3, -0.25) is 14.3 Å². The van der Waals surface area contributed by atoms with Crippen LogP contribution in [-0.2, 0) is 17.7 Å². The molecule has 1 unspecified atom stereocenters. The lowest BCUT2D eigenvalue weighted by molar-refractivity contribution is -0.0570. The molecule has 11 nitrogen and oxygen atoms in total. The molecule has 2 fully saturated rings. The van der Waals surface area contributed by atoms with Crippen LogP contribution in [0, 0.1) is 5.92 Å². The van der Waals surface area contributed by atoms with Gasteiger partial charge < -0.3 is 28.1 Å². The van der Waals surface area contributed by atoms with Crippen molar-refractivity contribution in [3.8, 4) is 0 Å². The van der Waals surface area contributed by atoms with Crippen molar-refractivity contribution in [1.82, 2.24) is 19.5 Å². The number of ether oxygens (including phenoxy) is 1. The minimum atomic E-state index is -2.92. The Bertz CT molecular complexity index is 1180. The Labute approximate surface area is 233 Å². The number of anilines is 1. The summed E-state index contributed by atoms with van der Waals surface area (Å²) < 4.78 is 29.1. The van der Waals surface area contributed by atoms with E-state index in [9.17, 15) is 9.90 Å². The second-order valence-corrected chi connectivity index (χ2v) is 21.5. The van der Waals surface area contributed by atoms with Crippen molar-refractivity contribution in [3.05, 3.63) is 16.7 Å². The van der Waals surface area contributed by atoms with Gasteiger partial charge in [0.15, 0.2) is 17.4 Å². The maximum Gasteiger partial charge on any atom is 0.335 e. The summed E-state index contributed by atoms with van der Waals surface area (Å²) in [7, 11) is -5.66. The van der Waals surface area contributed by atoms with Gasteiger partial charge in [-0.2, -0.15) is 4.98 Å². The van der Waals surface area contributed by atoms with E-state index < -0.39 is 41.7 Å². The van der Waals surface area contributed by atoms with Crippen LogP contribution in [0.2, 0.25) is 22.2 Å². The molecule has 0 aliphatic carbocycles. The van der Waals surface area contributed by atoms with Gasteiger partial charge >= 0.3 is 17.1 Å².